The minimum Gasteiger partial charge on any atom is -0.444 e. The molecule has 0 aliphatic carbocycles. The minimum atomic E-state index is -0.544. The van der Waals surface area contributed by atoms with E-state index in [4.69, 9.17) is 11.3 Å². The summed E-state index contributed by atoms with van der Waals surface area (Å²) in [6.45, 7) is 16.4. The third kappa shape index (κ3) is 4.19. The van der Waals surface area contributed by atoms with Crippen LogP contribution in [0, 0.1) is 6.57 Å². The molecule has 0 spiro atoms. The molecule has 0 N–H and O–H groups in total. The number of carbonyl (C=O) groups is 1. The highest BCUT2D eigenvalue weighted by atomic mass is 16.6. The van der Waals surface area contributed by atoms with Gasteiger partial charge in [-0.05, 0) is 39.3 Å². The van der Waals surface area contributed by atoms with Crippen molar-refractivity contribution in [2.75, 3.05) is 24.5 Å². The van der Waals surface area contributed by atoms with E-state index in [2.05, 4.69) is 21.7 Å². The predicted octanol–water partition coefficient (Wildman–Crippen LogP) is 3.32. The largest absolute Gasteiger partial charge is 0.444 e. The quantitative estimate of drug-likeness (QED) is 0.727. The summed E-state index contributed by atoms with van der Waals surface area (Å²) in [5.41, 5.74) is 1.35. The zero-order chi connectivity index (χ0) is 21.3. The van der Waals surface area contributed by atoms with Gasteiger partial charge in [-0.1, -0.05) is 13.5 Å². The maximum Gasteiger partial charge on any atom is 0.410 e. The molecule has 0 bridgehead atoms. The molecule has 0 radical (unpaired) electrons. The fraction of sp³-hybridized carbons (Fsp3) is 0.524. The Morgan fingerprint density at radius 2 is 2.07 bits per heavy atom. The average molecular weight is 397 g/mol. The summed E-state index contributed by atoms with van der Waals surface area (Å²) in [5.74, 6) is 0.290. The lowest BCUT2D eigenvalue weighted by Gasteiger charge is -2.42. The second-order valence-electron chi connectivity index (χ2n) is 8.26. The van der Waals surface area contributed by atoms with E-state index in [1.165, 1.54) is 4.57 Å². The van der Waals surface area contributed by atoms with Crippen LogP contribution in [0.2, 0.25) is 0 Å². The third-order valence-corrected chi connectivity index (χ3v) is 5.08. The van der Waals surface area contributed by atoms with Crippen molar-refractivity contribution in [3.8, 4) is 0 Å². The minimum absolute atomic E-state index is 0.0185. The molecule has 1 atom stereocenters. The van der Waals surface area contributed by atoms with Crippen molar-refractivity contribution < 1.29 is 9.53 Å². The van der Waals surface area contributed by atoms with Crippen LogP contribution in [-0.2, 0) is 11.8 Å². The van der Waals surface area contributed by atoms with Crippen molar-refractivity contribution in [1.29, 1.82) is 0 Å². The lowest BCUT2D eigenvalue weighted by atomic mass is 10.1. The number of hydrogen-bond donors (Lipinski definition) is 0. The standard InChI is InChI=1S/C21H27N5O3/c1-7-14-13-25(20(28)29-21(2,3)4)10-11-26(14)16-12-18(27)24(6)15-8-9-17(22-5)23-19(15)16/h8-9,12,14H,7,10-11,13H2,1-4,6H3/t14-/m1/s1. The highest BCUT2D eigenvalue weighted by Gasteiger charge is 2.33. The Balaban J connectivity index is 1.98. The Morgan fingerprint density at radius 3 is 2.69 bits per heavy atom. The molecule has 29 heavy (non-hydrogen) atoms. The molecule has 1 aliphatic rings. The van der Waals surface area contributed by atoms with E-state index in [-0.39, 0.29) is 23.5 Å². The normalized spacial score (nSPS) is 17.3. The van der Waals surface area contributed by atoms with Crippen molar-refractivity contribution in [3.05, 3.63) is 40.0 Å². The zero-order valence-electron chi connectivity index (χ0n) is 17.6. The number of rotatable bonds is 2. The average Bonchev–Trinajstić information content (AvgIpc) is 2.68. The number of anilines is 1. The third-order valence-electron chi connectivity index (χ3n) is 5.08. The number of pyridine rings is 2. The molecule has 8 heteroatoms. The molecule has 1 aliphatic heterocycles. The smallest absolute Gasteiger partial charge is 0.410 e. The van der Waals surface area contributed by atoms with Gasteiger partial charge in [-0.15, -0.1) is 4.98 Å². The van der Waals surface area contributed by atoms with Gasteiger partial charge in [0.25, 0.3) is 11.4 Å². The van der Waals surface area contributed by atoms with Crippen LogP contribution in [0.4, 0.5) is 16.3 Å². The molecule has 8 nitrogen and oxygen atoms in total. The van der Waals surface area contributed by atoms with Crippen molar-refractivity contribution in [1.82, 2.24) is 14.5 Å². The summed E-state index contributed by atoms with van der Waals surface area (Å²) in [6.07, 6.45) is 0.469. The van der Waals surface area contributed by atoms with Gasteiger partial charge in [0.15, 0.2) is 0 Å². The monoisotopic (exact) mass is 397 g/mol. The Labute approximate surface area is 170 Å². The van der Waals surface area contributed by atoms with Gasteiger partial charge in [0.05, 0.1) is 11.2 Å². The zero-order valence-corrected chi connectivity index (χ0v) is 17.6. The van der Waals surface area contributed by atoms with Gasteiger partial charge in [-0.2, -0.15) is 0 Å². The molecular weight excluding hydrogens is 370 g/mol. The predicted molar refractivity (Wildman–Crippen MR) is 112 cm³/mol. The molecule has 3 rings (SSSR count). The van der Waals surface area contributed by atoms with Crippen LogP contribution < -0.4 is 10.5 Å². The number of hydrogen-bond acceptors (Lipinski definition) is 5. The second-order valence-corrected chi connectivity index (χ2v) is 8.26. The van der Waals surface area contributed by atoms with Crippen LogP contribution in [-0.4, -0.2) is 51.8 Å². The van der Waals surface area contributed by atoms with Gasteiger partial charge in [0, 0.05) is 38.8 Å². The number of fused-ring (bicyclic) bond motifs is 1. The molecule has 3 heterocycles. The first-order valence-corrected chi connectivity index (χ1v) is 9.77. The summed E-state index contributed by atoms with van der Waals surface area (Å²) >= 11 is 0. The topological polar surface area (TPSA) is 72.0 Å². The highest BCUT2D eigenvalue weighted by Crippen LogP contribution is 2.29. The van der Waals surface area contributed by atoms with Crippen LogP contribution in [0.5, 0.6) is 0 Å². The molecule has 0 aromatic carbocycles. The van der Waals surface area contributed by atoms with Crippen molar-refractivity contribution in [2.24, 2.45) is 7.05 Å². The van der Waals surface area contributed by atoms with E-state index in [1.54, 1.807) is 30.1 Å². The molecule has 154 valence electrons. The first-order valence-electron chi connectivity index (χ1n) is 9.77. The van der Waals surface area contributed by atoms with Crippen molar-refractivity contribution in [2.45, 2.75) is 45.8 Å². The first-order chi connectivity index (χ1) is 13.6. The number of piperazine rings is 1. The maximum absolute atomic E-state index is 12.5. The summed E-state index contributed by atoms with van der Waals surface area (Å²) < 4.78 is 7.06. The number of carbonyl (C=O) groups excluding carboxylic acids is 1. The van der Waals surface area contributed by atoms with E-state index in [1.807, 2.05) is 20.8 Å². The lowest BCUT2D eigenvalue weighted by molar-refractivity contribution is 0.0213. The van der Waals surface area contributed by atoms with Crippen LogP contribution >= 0.6 is 0 Å². The summed E-state index contributed by atoms with van der Waals surface area (Å²) in [4.78, 5) is 36.8. The van der Waals surface area contributed by atoms with E-state index in [9.17, 15) is 9.59 Å². The molecule has 2 aromatic heterocycles. The SMILES string of the molecule is [C-]#[N+]c1ccc2c(n1)c(N1CCN(C(=O)OC(C)(C)C)C[C@H]1CC)cc(=O)n2C. The van der Waals surface area contributed by atoms with Crippen molar-refractivity contribution >= 4 is 28.6 Å². The van der Waals surface area contributed by atoms with Gasteiger partial charge in [0.2, 0.25) is 5.52 Å². The molecule has 1 saturated heterocycles. The highest BCUT2D eigenvalue weighted by molar-refractivity contribution is 5.90. The Bertz CT molecular complexity index is 1030. The molecular formula is C21H27N5O3. The Kier molecular flexibility index (Phi) is 5.51. The number of ether oxygens (including phenoxy) is 1. The van der Waals surface area contributed by atoms with E-state index in [0.717, 1.165) is 6.42 Å². The fourth-order valence-corrected chi connectivity index (χ4v) is 3.60. The fourth-order valence-electron chi connectivity index (χ4n) is 3.60. The lowest BCUT2D eigenvalue weighted by Crippen LogP contribution is -2.55. The number of aryl methyl sites for hydroxylation is 1. The van der Waals surface area contributed by atoms with Crippen LogP contribution in [0.15, 0.2) is 23.0 Å². The van der Waals surface area contributed by atoms with E-state index < -0.39 is 5.60 Å². The van der Waals surface area contributed by atoms with Crippen LogP contribution in [0.1, 0.15) is 34.1 Å². The van der Waals surface area contributed by atoms with E-state index in [0.29, 0.717) is 36.4 Å². The number of nitrogens with zero attached hydrogens (tertiary/aromatic N) is 5. The van der Waals surface area contributed by atoms with Gasteiger partial charge >= 0.3 is 6.09 Å². The molecule has 0 saturated carbocycles. The summed E-state index contributed by atoms with van der Waals surface area (Å²) in [7, 11) is 1.70. The van der Waals surface area contributed by atoms with Crippen LogP contribution in [0.3, 0.4) is 0 Å². The van der Waals surface area contributed by atoms with Gasteiger partial charge < -0.3 is 23.9 Å². The number of aromatic nitrogens is 2. The first kappa shape index (κ1) is 20.6. The van der Waals surface area contributed by atoms with Gasteiger partial charge in [-0.3, -0.25) is 4.79 Å². The van der Waals surface area contributed by atoms with Gasteiger partial charge in [0.1, 0.15) is 5.60 Å². The molecule has 1 fully saturated rings. The molecule has 0 unspecified atom stereocenters. The number of amides is 1. The summed E-state index contributed by atoms with van der Waals surface area (Å²) in [6, 6.07) is 4.98. The second kappa shape index (κ2) is 7.74. The molecule has 2 aromatic rings. The summed E-state index contributed by atoms with van der Waals surface area (Å²) in [5, 5.41) is 0. The van der Waals surface area contributed by atoms with Gasteiger partial charge in [-0.25, -0.2) is 4.79 Å². The maximum atomic E-state index is 12.5. The molecule has 1 amide bonds. The van der Waals surface area contributed by atoms with Crippen LogP contribution in [0.25, 0.3) is 15.9 Å². The van der Waals surface area contributed by atoms with E-state index >= 15 is 0 Å². The Hall–Kier alpha value is -3.08. The Morgan fingerprint density at radius 1 is 1.34 bits per heavy atom. The van der Waals surface area contributed by atoms with Crippen molar-refractivity contribution in [3.63, 3.8) is 0 Å².